The van der Waals surface area contributed by atoms with Crippen LogP contribution in [0.5, 0.6) is 0 Å². The maximum absolute atomic E-state index is 9.97. The molecule has 0 aliphatic heterocycles. The van der Waals surface area contributed by atoms with E-state index in [1.807, 2.05) is 4.90 Å². The van der Waals surface area contributed by atoms with Gasteiger partial charge in [-0.3, -0.25) is 4.90 Å². The molecule has 0 saturated heterocycles. The SMILES string of the molecule is OCCCCC(O)CN(CCCO)CC(O)CCCCO. The lowest BCUT2D eigenvalue weighted by molar-refractivity contribution is 0.0565. The summed E-state index contributed by atoms with van der Waals surface area (Å²) in [6.07, 6.45) is 3.89. The molecule has 6 nitrogen and oxygen atoms in total. The molecular formula is C15H33NO5. The second-order valence-corrected chi connectivity index (χ2v) is 5.58. The van der Waals surface area contributed by atoms with Crippen LogP contribution in [0.25, 0.3) is 0 Å². The van der Waals surface area contributed by atoms with Gasteiger partial charge in [0.2, 0.25) is 0 Å². The van der Waals surface area contributed by atoms with Gasteiger partial charge < -0.3 is 25.5 Å². The summed E-state index contributed by atoms with van der Waals surface area (Å²) in [6, 6.07) is 0. The van der Waals surface area contributed by atoms with Crippen LogP contribution in [0.3, 0.4) is 0 Å². The third-order valence-electron chi connectivity index (χ3n) is 3.46. The van der Waals surface area contributed by atoms with Crippen LogP contribution >= 0.6 is 0 Å². The molecule has 0 aromatic carbocycles. The highest BCUT2D eigenvalue weighted by Crippen LogP contribution is 2.07. The number of hydrogen-bond donors (Lipinski definition) is 5. The first-order chi connectivity index (χ1) is 10.1. The summed E-state index contributed by atoms with van der Waals surface area (Å²) >= 11 is 0. The average Bonchev–Trinajstić information content (AvgIpc) is 2.45. The Labute approximate surface area is 128 Å². The minimum atomic E-state index is -0.472. The van der Waals surface area contributed by atoms with Gasteiger partial charge in [-0.05, 0) is 44.9 Å². The Morgan fingerprint density at radius 1 is 0.619 bits per heavy atom. The van der Waals surface area contributed by atoms with Gasteiger partial charge in [-0.1, -0.05) is 0 Å². The maximum atomic E-state index is 9.97. The smallest absolute Gasteiger partial charge is 0.0667 e. The summed E-state index contributed by atoms with van der Waals surface area (Å²) in [5.74, 6) is 0. The molecule has 5 N–H and O–H groups in total. The van der Waals surface area contributed by atoms with Crippen LogP contribution in [0.4, 0.5) is 0 Å². The number of aliphatic hydroxyl groups excluding tert-OH is 5. The molecule has 0 aromatic rings. The standard InChI is InChI=1S/C15H33NO5/c17-9-3-1-6-14(20)12-16(8-5-11-19)13-15(21)7-2-4-10-18/h14-15,17-21H,1-13H2. The molecule has 2 atom stereocenters. The van der Waals surface area contributed by atoms with E-state index in [4.69, 9.17) is 15.3 Å². The first-order valence-electron chi connectivity index (χ1n) is 8.05. The van der Waals surface area contributed by atoms with Gasteiger partial charge in [-0.15, -0.1) is 0 Å². The molecule has 21 heavy (non-hydrogen) atoms. The van der Waals surface area contributed by atoms with Gasteiger partial charge in [0, 0.05) is 39.5 Å². The predicted octanol–water partition coefficient (Wildman–Crippen LogP) is -0.282. The molecule has 6 heteroatoms. The number of nitrogens with zero attached hydrogens (tertiary/aromatic N) is 1. The van der Waals surface area contributed by atoms with E-state index in [2.05, 4.69) is 0 Å². The molecule has 2 unspecified atom stereocenters. The molecule has 0 heterocycles. The lowest BCUT2D eigenvalue weighted by Gasteiger charge is -2.27. The van der Waals surface area contributed by atoms with Crippen LogP contribution in [0.15, 0.2) is 0 Å². The van der Waals surface area contributed by atoms with Gasteiger partial charge in [0.15, 0.2) is 0 Å². The lowest BCUT2D eigenvalue weighted by Crippen LogP contribution is -2.39. The van der Waals surface area contributed by atoms with Crippen molar-refractivity contribution in [2.24, 2.45) is 0 Å². The van der Waals surface area contributed by atoms with Crippen LogP contribution in [-0.4, -0.2) is 82.1 Å². The van der Waals surface area contributed by atoms with Crippen LogP contribution in [0.1, 0.15) is 44.9 Å². The van der Waals surface area contributed by atoms with Crippen LogP contribution < -0.4 is 0 Å². The van der Waals surface area contributed by atoms with E-state index in [0.29, 0.717) is 51.7 Å². The highest BCUT2D eigenvalue weighted by atomic mass is 16.3. The zero-order valence-electron chi connectivity index (χ0n) is 13.0. The van der Waals surface area contributed by atoms with E-state index in [1.54, 1.807) is 0 Å². The number of hydrogen-bond acceptors (Lipinski definition) is 6. The molecule has 0 rings (SSSR count). The molecule has 0 spiro atoms. The summed E-state index contributed by atoms with van der Waals surface area (Å²) in [4.78, 5) is 1.98. The summed E-state index contributed by atoms with van der Waals surface area (Å²) in [5, 5.41) is 46.3. The molecule has 0 aliphatic rings. The molecule has 0 radical (unpaired) electrons. The highest BCUT2D eigenvalue weighted by molar-refractivity contribution is 4.69. The quantitative estimate of drug-likeness (QED) is 0.267. The molecule has 0 bridgehead atoms. The van der Waals surface area contributed by atoms with Crippen molar-refractivity contribution in [3.63, 3.8) is 0 Å². The topological polar surface area (TPSA) is 104 Å². The number of unbranched alkanes of at least 4 members (excludes halogenated alkanes) is 2. The molecule has 0 aliphatic carbocycles. The van der Waals surface area contributed by atoms with Crippen molar-refractivity contribution >= 4 is 0 Å². The third-order valence-corrected chi connectivity index (χ3v) is 3.46. The summed E-state index contributed by atoms with van der Waals surface area (Å²) in [7, 11) is 0. The number of rotatable bonds is 15. The second kappa shape index (κ2) is 14.7. The van der Waals surface area contributed by atoms with Crippen molar-refractivity contribution in [1.82, 2.24) is 4.90 Å². The van der Waals surface area contributed by atoms with Gasteiger partial charge in [0.25, 0.3) is 0 Å². The second-order valence-electron chi connectivity index (χ2n) is 5.58. The molecule has 0 saturated carbocycles. The first-order valence-corrected chi connectivity index (χ1v) is 8.05. The van der Waals surface area contributed by atoms with E-state index in [1.165, 1.54) is 0 Å². The Bertz CT molecular complexity index is 200. The normalized spacial score (nSPS) is 14.6. The van der Waals surface area contributed by atoms with Gasteiger partial charge in [-0.2, -0.15) is 0 Å². The fourth-order valence-electron chi connectivity index (χ4n) is 2.31. The maximum Gasteiger partial charge on any atom is 0.0667 e. The van der Waals surface area contributed by atoms with Crippen molar-refractivity contribution in [1.29, 1.82) is 0 Å². The summed E-state index contributed by atoms with van der Waals surface area (Å²) in [5.41, 5.74) is 0. The van der Waals surface area contributed by atoms with Crippen molar-refractivity contribution in [2.45, 2.75) is 57.2 Å². The fraction of sp³-hybridized carbons (Fsp3) is 1.00. The monoisotopic (exact) mass is 307 g/mol. The fourth-order valence-corrected chi connectivity index (χ4v) is 2.31. The van der Waals surface area contributed by atoms with Crippen LogP contribution in [0, 0.1) is 0 Å². The van der Waals surface area contributed by atoms with E-state index in [-0.39, 0.29) is 19.8 Å². The first kappa shape index (κ1) is 20.8. The number of aliphatic hydroxyl groups is 5. The van der Waals surface area contributed by atoms with Crippen molar-refractivity contribution in [3.8, 4) is 0 Å². The Morgan fingerprint density at radius 3 is 1.43 bits per heavy atom. The van der Waals surface area contributed by atoms with E-state index in [0.717, 1.165) is 12.8 Å². The minimum Gasteiger partial charge on any atom is -0.396 e. The molecule has 0 amide bonds. The summed E-state index contributed by atoms with van der Waals surface area (Å²) in [6.45, 7) is 1.97. The molecule has 0 fully saturated rings. The van der Waals surface area contributed by atoms with Gasteiger partial charge >= 0.3 is 0 Å². The minimum absolute atomic E-state index is 0.0950. The third kappa shape index (κ3) is 13.2. The Hall–Kier alpha value is -0.240. The van der Waals surface area contributed by atoms with Crippen molar-refractivity contribution in [2.75, 3.05) is 39.5 Å². The Balaban J connectivity index is 4.04. The van der Waals surface area contributed by atoms with E-state index < -0.39 is 12.2 Å². The largest absolute Gasteiger partial charge is 0.396 e. The molecule has 0 aromatic heterocycles. The highest BCUT2D eigenvalue weighted by Gasteiger charge is 2.15. The predicted molar refractivity (Wildman–Crippen MR) is 82.0 cm³/mol. The Kier molecular flexibility index (Phi) is 14.5. The van der Waals surface area contributed by atoms with Gasteiger partial charge in [-0.25, -0.2) is 0 Å². The van der Waals surface area contributed by atoms with Crippen molar-refractivity contribution in [3.05, 3.63) is 0 Å². The molecule has 128 valence electrons. The van der Waals surface area contributed by atoms with Gasteiger partial charge in [0.05, 0.1) is 12.2 Å². The van der Waals surface area contributed by atoms with Crippen molar-refractivity contribution < 1.29 is 25.5 Å². The van der Waals surface area contributed by atoms with Crippen LogP contribution in [-0.2, 0) is 0 Å². The lowest BCUT2D eigenvalue weighted by atomic mass is 10.1. The summed E-state index contributed by atoms with van der Waals surface area (Å²) < 4.78 is 0. The molecular weight excluding hydrogens is 274 g/mol. The van der Waals surface area contributed by atoms with E-state index in [9.17, 15) is 10.2 Å². The van der Waals surface area contributed by atoms with E-state index >= 15 is 0 Å². The van der Waals surface area contributed by atoms with Crippen LogP contribution in [0.2, 0.25) is 0 Å². The zero-order chi connectivity index (χ0) is 15.9. The average molecular weight is 307 g/mol. The zero-order valence-corrected chi connectivity index (χ0v) is 13.0. The van der Waals surface area contributed by atoms with Gasteiger partial charge in [0.1, 0.15) is 0 Å². The Morgan fingerprint density at radius 2 is 1.05 bits per heavy atom.